The number of nitrogens with zero attached hydrogens (tertiary/aromatic N) is 4. The van der Waals surface area contributed by atoms with Crippen LogP contribution in [0.2, 0.25) is 0 Å². The summed E-state index contributed by atoms with van der Waals surface area (Å²) >= 11 is 0. The van der Waals surface area contributed by atoms with Crippen LogP contribution in [-0.4, -0.2) is 105 Å². The average Bonchev–Trinajstić information content (AvgIpc) is 3.25. The van der Waals surface area contributed by atoms with Gasteiger partial charge in [0.1, 0.15) is 49.8 Å². The van der Waals surface area contributed by atoms with Crippen molar-refractivity contribution in [1.82, 2.24) is 0 Å². The molecule has 0 spiro atoms. The van der Waals surface area contributed by atoms with Gasteiger partial charge in [0, 0.05) is 39.2 Å². The van der Waals surface area contributed by atoms with Gasteiger partial charge >= 0.3 is 17.9 Å². The van der Waals surface area contributed by atoms with Crippen LogP contribution in [0.1, 0.15) is 50.8 Å². The van der Waals surface area contributed by atoms with Crippen LogP contribution in [0.3, 0.4) is 0 Å². The second-order valence-electron chi connectivity index (χ2n) is 14.0. The van der Waals surface area contributed by atoms with Gasteiger partial charge < -0.3 is 47.4 Å². The molecule has 0 saturated carbocycles. The number of aliphatic imine (C=N–C) groups is 1. The van der Waals surface area contributed by atoms with Gasteiger partial charge in [0.25, 0.3) is 0 Å². The van der Waals surface area contributed by atoms with Gasteiger partial charge in [0.2, 0.25) is 0 Å². The lowest BCUT2D eigenvalue weighted by Crippen LogP contribution is -2.61. The monoisotopic (exact) mass is 832 g/mol. The number of hydrogen-bond acceptors (Lipinski definition) is 15. The van der Waals surface area contributed by atoms with Gasteiger partial charge in [-0.05, 0) is 22.2 Å². The van der Waals surface area contributed by atoms with E-state index in [0.717, 1.165) is 30.5 Å². The Morgan fingerprint density at radius 2 is 1.12 bits per heavy atom. The third-order valence-corrected chi connectivity index (χ3v) is 9.54. The van der Waals surface area contributed by atoms with Gasteiger partial charge in [-0.25, -0.2) is 4.99 Å². The molecule has 322 valence electrons. The fourth-order valence-corrected chi connectivity index (χ4v) is 6.81. The molecule has 1 unspecified atom stereocenters. The molecule has 0 amide bonds. The van der Waals surface area contributed by atoms with E-state index in [9.17, 15) is 19.9 Å². The molecule has 2 aliphatic rings. The molecular weight excluding hydrogens is 780 g/mol. The van der Waals surface area contributed by atoms with Crippen LogP contribution in [-0.2, 0) is 81.6 Å². The van der Waals surface area contributed by atoms with Crippen LogP contribution in [0.5, 0.6) is 0 Å². The largest absolute Gasteiger partial charge is 0.478 e. The molecule has 17 nitrogen and oxygen atoms in total. The zero-order valence-electron chi connectivity index (χ0n) is 34.3. The Morgan fingerprint density at radius 3 is 1.60 bits per heavy atom. The van der Waals surface area contributed by atoms with Gasteiger partial charge in [-0.15, -0.1) is 0 Å². The van der Waals surface area contributed by atoms with Crippen molar-refractivity contribution in [3.63, 3.8) is 0 Å². The minimum atomic E-state index is -1.36. The molecular formula is C43H52N4O13. The highest BCUT2D eigenvalue weighted by Crippen LogP contribution is 2.33. The molecule has 0 radical (unpaired) electrons. The molecule has 17 heteroatoms. The lowest BCUT2D eigenvalue weighted by Gasteiger charge is -2.45. The van der Waals surface area contributed by atoms with Crippen molar-refractivity contribution < 1.29 is 61.8 Å². The summed E-state index contributed by atoms with van der Waals surface area (Å²) in [7, 11) is 1.52. The highest BCUT2D eigenvalue weighted by molar-refractivity contribution is 5.76. The lowest BCUT2D eigenvalue weighted by atomic mass is 9.96. The third-order valence-electron chi connectivity index (χ3n) is 9.54. The van der Waals surface area contributed by atoms with Crippen molar-refractivity contribution in [3.8, 4) is 0 Å². The van der Waals surface area contributed by atoms with E-state index in [1.807, 2.05) is 91.0 Å². The van der Waals surface area contributed by atoms with E-state index < -0.39 is 85.8 Å². The summed E-state index contributed by atoms with van der Waals surface area (Å²) in [4.78, 5) is 43.9. The number of methoxy groups -OCH3 is 1. The van der Waals surface area contributed by atoms with Gasteiger partial charge in [0.15, 0.2) is 30.6 Å². The molecule has 0 aliphatic carbocycles. The summed E-state index contributed by atoms with van der Waals surface area (Å²) in [5.41, 5.74) is 12.4. The normalized spacial score (nSPS) is 26.6. The summed E-state index contributed by atoms with van der Waals surface area (Å²) in [6, 6.07) is 27.8. The summed E-state index contributed by atoms with van der Waals surface area (Å²) in [5, 5.41) is 3.84. The molecule has 2 aliphatic heterocycles. The molecule has 10 atom stereocenters. The van der Waals surface area contributed by atoms with Crippen LogP contribution in [0.4, 0.5) is 0 Å². The van der Waals surface area contributed by atoms with E-state index in [4.69, 9.17) is 47.4 Å². The first-order valence-electron chi connectivity index (χ1n) is 19.6. The number of hydrogen-bond donors (Lipinski definition) is 0. The first-order chi connectivity index (χ1) is 29.1. The SMILES string of the molecule is CC/C(=N\C1O[C@H](COC(C)=O)[C@@H](OC(C)=O)[C@H](OC(C)=O)[C@H]1N=[N+]=[N-])OC[C@H]1O[C@H](OC)[C@H](OCc2ccccc2)[C@@H](OCc2ccccc2)[C@@H]1OCc1ccccc1. The zero-order chi connectivity index (χ0) is 42.9. The van der Waals surface area contributed by atoms with Crippen molar-refractivity contribution in [2.75, 3.05) is 20.3 Å². The maximum Gasteiger partial charge on any atom is 0.303 e. The summed E-state index contributed by atoms with van der Waals surface area (Å²) in [6.07, 6.45) is -8.94. The van der Waals surface area contributed by atoms with E-state index in [0.29, 0.717) is 0 Å². The van der Waals surface area contributed by atoms with Crippen LogP contribution < -0.4 is 0 Å². The van der Waals surface area contributed by atoms with Crippen LogP contribution in [0.25, 0.3) is 10.4 Å². The number of rotatable bonds is 19. The molecule has 2 saturated heterocycles. The molecule has 3 aromatic carbocycles. The third kappa shape index (κ3) is 13.3. The van der Waals surface area contributed by atoms with E-state index in [-0.39, 0.29) is 38.7 Å². The van der Waals surface area contributed by atoms with Gasteiger partial charge in [-0.1, -0.05) is 103 Å². The van der Waals surface area contributed by atoms with Gasteiger partial charge in [0.05, 0.1) is 19.8 Å². The summed E-state index contributed by atoms with van der Waals surface area (Å²) in [5.74, 6) is -1.99. The molecule has 5 rings (SSSR count). The van der Waals surface area contributed by atoms with Gasteiger partial charge in [-0.2, -0.15) is 0 Å². The number of esters is 3. The Hall–Kier alpha value is -5.39. The van der Waals surface area contributed by atoms with E-state index in [2.05, 4.69) is 15.0 Å². The standard InChI is InChI=1S/C43H52N4O13/c1-6-35(45-42-36(46-47-44)39(58-29(4)50)38(57-28(3)49)34(59-42)25-52-27(2)48)53-26-33-37(54-22-30-16-10-7-11-17-30)40(55-23-31-18-12-8-13-19-31)41(43(51-5)60-33)56-24-32-20-14-9-15-21-32/h7-21,33-34,36-43H,6,22-26H2,1-5H3/b45-35+/t33-,34-,36-,37-,38-,39-,40+,41-,42?,43+/m1/s1. The van der Waals surface area contributed by atoms with Crippen molar-refractivity contribution in [2.24, 2.45) is 10.1 Å². The van der Waals surface area contributed by atoms with Crippen LogP contribution in [0.15, 0.2) is 101 Å². The fraction of sp³-hybridized carbons (Fsp3) is 0.488. The van der Waals surface area contributed by atoms with Crippen LogP contribution in [0, 0.1) is 0 Å². The van der Waals surface area contributed by atoms with Crippen molar-refractivity contribution in [2.45, 2.75) is 115 Å². The molecule has 0 aromatic heterocycles. The quantitative estimate of drug-likeness (QED) is 0.0268. The smallest absolute Gasteiger partial charge is 0.303 e. The predicted octanol–water partition coefficient (Wildman–Crippen LogP) is 5.77. The molecule has 2 fully saturated rings. The maximum absolute atomic E-state index is 12.3. The number of carbonyl (C=O) groups excluding carboxylic acids is 3. The Balaban J connectivity index is 1.46. The Labute approximate surface area is 348 Å². The minimum absolute atomic E-state index is 0.123. The summed E-state index contributed by atoms with van der Waals surface area (Å²) < 4.78 is 61.1. The zero-order valence-corrected chi connectivity index (χ0v) is 34.3. The minimum Gasteiger partial charge on any atom is -0.478 e. The summed E-state index contributed by atoms with van der Waals surface area (Å²) in [6.45, 7) is 5.46. The first kappa shape index (κ1) is 45.7. The van der Waals surface area contributed by atoms with Crippen LogP contribution >= 0.6 is 0 Å². The first-order valence-corrected chi connectivity index (χ1v) is 19.6. The van der Waals surface area contributed by atoms with Gasteiger partial charge in [-0.3, -0.25) is 14.4 Å². The topological polar surface area (TPSA) is 205 Å². The average molecular weight is 833 g/mol. The van der Waals surface area contributed by atoms with Crippen molar-refractivity contribution >= 4 is 23.8 Å². The van der Waals surface area contributed by atoms with Crippen molar-refractivity contribution in [3.05, 3.63) is 118 Å². The highest BCUT2D eigenvalue weighted by atomic mass is 16.7. The highest BCUT2D eigenvalue weighted by Gasteiger charge is 2.51. The number of azide groups is 1. The van der Waals surface area contributed by atoms with E-state index >= 15 is 0 Å². The molecule has 0 bridgehead atoms. The Kier molecular flexibility index (Phi) is 17.8. The predicted molar refractivity (Wildman–Crippen MR) is 214 cm³/mol. The number of ether oxygens (including phenoxy) is 10. The number of benzene rings is 3. The molecule has 0 N–H and O–H groups in total. The second kappa shape index (κ2) is 23.4. The molecule has 2 heterocycles. The van der Waals surface area contributed by atoms with Crippen molar-refractivity contribution in [1.29, 1.82) is 0 Å². The maximum atomic E-state index is 12.3. The van der Waals surface area contributed by atoms with E-state index in [1.54, 1.807) is 6.92 Å². The molecule has 60 heavy (non-hydrogen) atoms. The second-order valence-corrected chi connectivity index (χ2v) is 14.0. The lowest BCUT2D eigenvalue weighted by molar-refractivity contribution is -0.321. The fourth-order valence-electron chi connectivity index (χ4n) is 6.81. The number of carbonyl (C=O) groups is 3. The molecule has 3 aromatic rings. The Morgan fingerprint density at radius 1 is 0.633 bits per heavy atom. The Bertz CT molecular complexity index is 1880. The van der Waals surface area contributed by atoms with E-state index in [1.165, 1.54) is 14.0 Å².